The first-order chi connectivity index (χ1) is 11.1. The van der Waals surface area contributed by atoms with E-state index in [0.717, 1.165) is 23.1 Å². The smallest absolute Gasteiger partial charge is 0.317 e. The topological polar surface area (TPSA) is 43.4 Å². The van der Waals surface area contributed by atoms with E-state index in [-0.39, 0.29) is 11.9 Å². The van der Waals surface area contributed by atoms with E-state index in [2.05, 4.69) is 26.2 Å². The molecule has 0 saturated heterocycles. The Morgan fingerprint density at radius 1 is 1.33 bits per heavy atom. The predicted octanol–water partition coefficient (Wildman–Crippen LogP) is 4.95. The average Bonchev–Trinajstić information content (AvgIpc) is 2.47. The minimum Gasteiger partial charge on any atom is -0.457 e. The van der Waals surface area contributed by atoms with Crippen LogP contribution in [0.25, 0.3) is 0 Å². The average molecular weight is 330 g/mol. The van der Waals surface area contributed by atoms with E-state index in [1.165, 1.54) is 0 Å². The molecule has 3 atom stereocenters. The van der Waals surface area contributed by atoms with Gasteiger partial charge in [0.25, 0.3) is 0 Å². The number of rotatable bonds is 3. The molecule has 1 aliphatic heterocycles. The molecule has 0 aromatic heterocycles. The first kappa shape index (κ1) is 20.1. The van der Waals surface area contributed by atoms with Crippen molar-refractivity contribution in [1.29, 1.82) is 0 Å². The van der Waals surface area contributed by atoms with Gasteiger partial charge in [0.1, 0.15) is 12.0 Å². The molecule has 0 saturated carbocycles. The summed E-state index contributed by atoms with van der Waals surface area (Å²) in [6.07, 6.45) is 5.67. The van der Waals surface area contributed by atoms with Gasteiger partial charge in [0.2, 0.25) is 0 Å². The second-order valence-corrected chi connectivity index (χ2v) is 6.98. The Morgan fingerprint density at radius 2 is 1.96 bits per heavy atom. The molecule has 1 heterocycles. The number of allylic oxidation sites excluding steroid dienone is 5. The number of carbonyl (C=O) groups is 2. The molecule has 0 aromatic rings. The zero-order valence-electron chi connectivity index (χ0n) is 15.6. The van der Waals surface area contributed by atoms with Crippen molar-refractivity contribution in [3.8, 4) is 0 Å². The Labute approximate surface area is 146 Å². The minimum atomic E-state index is -0.810. The second-order valence-electron chi connectivity index (χ2n) is 6.98. The highest BCUT2D eigenvalue weighted by Crippen LogP contribution is 2.25. The Kier molecular flexibility index (Phi) is 7.40. The van der Waals surface area contributed by atoms with Crippen LogP contribution in [0.15, 0.2) is 47.6 Å². The number of ketones is 1. The van der Waals surface area contributed by atoms with Crippen LogP contribution in [0.5, 0.6) is 0 Å². The maximum Gasteiger partial charge on any atom is 0.317 e. The summed E-state index contributed by atoms with van der Waals surface area (Å²) in [5.41, 5.74) is 3.39. The van der Waals surface area contributed by atoms with Crippen LogP contribution in [0.2, 0.25) is 0 Å². The number of Topliss-reactive ketones (excluding diaryl/α,β-unsaturated/α-hetero) is 1. The SMILES string of the molecule is C=C1/C=C(\C)[C@@H](CC)OC(=O)C(C(=O)C(=C)C)C/C(C)=C/[C@@H](C)C1. The van der Waals surface area contributed by atoms with Crippen molar-refractivity contribution in [3.63, 3.8) is 0 Å². The van der Waals surface area contributed by atoms with E-state index in [0.29, 0.717) is 24.3 Å². The van der Waals surface area contributed by atoms with Crippen molar-refractivity contribution in [3.05, 3.63) is 47.6 Å². The molecule has 0 amide bonds. The van der Waals surface area contributed by atoms with Crippen LogP contribution in [0.4, 0.5) is 0 Å². The van der Waals surface area contributed by atoms with Gasteiger partial charge in [-0.15, -0.1) is 0 Å². The quantitative estimate of drug-likeness (QED) is 0.318. The van der Waals surface area contributed by atoms with Crippen molar-refractivity contribution < 1.29 is 14.3 Å². The number of esters is 1. The van der Waals surface area contributed by atoms with Crippen molar-refractivity contribution in [2.75, 3.05) is 0 Å². The molecular weight excluding hydrogens is 300 g/mol. The molecule has 3 heteroatoms. The molecule has 1 unspecified atom stereocenters. The number of hydrogen-bond acceptors (Lipinski definition) is 3. The number of ether oxygens (including phenoxy) is 1. The van der Waals surface area contributed by atoms with Crippen LogP contribution < -0.4 is 0 Å². The number of carbonyl (C=O) groups excluding carboxylic acids is 2. The van der Waals surface area contributed by atoms with Gasteiger partial charge in [0.15, 0.2) is 5.78 Å². The van der Waals surface area contributed by atoms with Crippen molar-refractivity contribution in [1.82, 2.24) is 0 Å². The van der Waals surface area contributed by atoms with Gasteiger partial charge in [0.05, 0.1) is 0 Å². The molecule has 0 bridgehead atoms. The van der Waals surface area contributed by atoms with Crippen molar-refractivity contribution in [2.45, 2.75) is 60.0 Å². The Bertz CT molecular complexity index is 592. The lowest BCUT2D eigenvalue weighted by Gasteiger charge is -2.23. The molecule has 0 fully saturated rings. The normalized spacial score (nSPS) is 30.8. The molecule has 0 N–H and O–H groups in total. The lowest BCUT2D eigenvalue weighted by atomic mass is 9.89. The Balaban J connectivity index is 3.26. The van der Waals surface area contributed by atoms with Crippen LogP contribution in [-0.2, 0) is 14.3 Å². The molecule has 1 aliphatic rings. The van der Waals surface area contributed by atoms with Crippen LogP contribution in [0, 0.1) is 11.8 Å². The summed E-state index contributed by atoms with van der Waals surface area (Å²) in [7, 11) is 0. The molecule has 132 valence electrons. The fourth-order valence-electron chi connectivity index (χ4n) is 3.12. The van der Waals surface area contributed by atoms with Crippen molar-refractivity contribution in [2.24, 2.45) is 11.8 Å². The van der Waals surface area contributed by atoms with Gasteiger partial charge in [0, 0.05) is 0 Å². The molecule has 3 nitrogen and oxygen atoms in total. The third-order valence-corrected chi connectivity index (χ3v) is 4.27. The first-order valence-corrected chi connectivity index (χ1v) is 8.59. The molecule has 0 spiro atoms. The lowest BCUT2D eigenvalue weighted by Crippen LogP contribution is -2.31. The maximum atomic E-state index is 12.6. The first-order valence-electron chi connectivity index (χ1n) is 8.59. The highest BCUT2D eigenvalue weighted by molar-refractivity contribution is 6.07. The van der Waals surface area contributed by atoms with Gasteiger partial charge in [-0.05, 0) is 57.1 Å². The Morgan fingerprint density at radius 3 is 2.50 bits per heavy atom. The standard InChI is InChI=1S/C21H30O3/c1-8-19-17(7)11-15(5)9-14(4)10-16(6)12-18(21(23)24-19)20(22)13(2)3/h10-11,14,18-19H,2,5,8-9,12H2,1,3-4,6-7H3/b16-10+,17-11+/t14-,18?,19+/m0/s1. The van der Waals surface area contributed by atoms with Crippen LogP contribution in [0.1, 0.15) is 53.9 Å². The highest BCUT2D eigenvalue weighted by atomic mass is 16.5. The molecule has 0 aliphatic carbocycles. The van der Waals surface area contributed by atoms with Crippen molar-refractivity contribution >= 4 is 11.8 Å². The highest BCUT2D eigenvalue weighted by Gasteiger charge is 2.31. The van der Waals surface area contributed by atoms with Crippen LogP contribution >= 0.6 is 0 Å². The largest absolute Gasteiger partial charge is 0.457 e. The summed E-state index contributed by atoms with van der Waals surface area (Å²) < 4.78 is 5.65. The van der Waals surface area contributed by atoms with Gasteiger partial charge >= 0.3 is 5.97 Å². The second kappa shape index (κ2) is 8.81. The van der Waals surface area contributed by atoms with Gasteiger partial charge < -0.3 is 4.74 Å². The predicted molar refractivity (Wildman–Crippen MR) is 98.5 cm³/mol. The van der Waals surface area contributed by atoms with E-state index in [1.807, 2.05) is 26.8 Å². The van der Waals surface area contributed by atoms with Gasteiger partial charge in [-0.3, -0.25) is 9.59 Å². The lowest BCUT2D eigenvalue weighted by molar-refractivity contribution is -0.154. The molecule has 0 aromatic carbocycles. The summed E-state index contributed by atoms with van der Waals surface area (Å²) in [5, 5.41) is 0. The zero-order valence-corrected chi connectivity index (χ0v) is 15.6. The molecule has 24 heavy (non-hydrogen) atoms. The van der Waals surface area contributed by atoms with Crippen LogP contribution in [-0.4, -0.2) is 17.9 Å². The summed E-state index contributed by atoms with van der Waals surface area (Å²) in [4.78, 5) is 25.1. The van der Waals surface area contributed by atoms with Gasteiger partial charge in [-0.25, -0.2) is 0 Å². The van der Waals surface area contributed by atoms with E-state index in [4.69, 9.17) is 4.74 Å². The zero-order chi connectivity index (χ0) is 18.4. The Hall–Kier alpha value is -1.90. The fraction of sp³-hybridized carbons (Fsp3) is 0.524. The summed E-state index contributed by atoms with van der Waals surface area (Å²) >= 11 is 0. The van der Waals surface area contributed by atoms with E-state index >= 15 is 0 Å². The molecular formula is C21H30O3. The van der Waals surface area contributed by atoms with Gasteiger partial charge in [-0.2, -0.15) is 0 Å². The monoisotopic (exact) mass is 330 g/mol. The van der Waals surface area contributed by atoms with Gasteiger partial charge in [-0.1, -0.05) is 50.3 Å². The van der Waals surface area contributed by atoms with E-state index in [1.54, 1.807) is 6.92 Å². The summed E-state index contributed by atoms with van der Waals surface area (Å²) in [6.45, 7) is 17.4. The van der Waals surface area contributed by atoms with E-state index < -0.39 is 11.9 Å². The molecule has 0 radical (unpaired) electrons. The van der Waals surface area contributed by atoms with E-state index in [9.17, 15) is 9.59 Å². The van der Waals surface area contributed by atoms with Crippen LogP contribution in [0.3, 0.4) is 0 Å². The minimum absolute atomic E-state index is 0.238. The third kappa shape index (κ3) is 5.63. The fourth-order valence-corrected chi connectivity index (χ4v) is 3.12. The summed E-state index contributed by atoms with van der Waals surface area (Å²) in [5.74, 6) is -1.21. The molecule has 1 rings (SSSR count). The summed E-state index contributed by atoms with van der Waals surface area (Å²) in [6, 6.07) is 0. The number of hydrogen-bond donors (Lipinski definition) is 0. The number of cyclic esters (lactones) is 1. The third-order valence-electron chi connectivity index (χ3n) is 4.27. The maximum absolute atomic E-state index is 12.6.